The second kappa shape index (κ2) is 4.53. The minimum Gasteiger partial charge on any atom is -0.328 e. The SMILES string of the molecule is CC(C)c1nc(C2CCC(N)CC2)nn1C. The summed E-state index contributed by atoms with van der Waals surface area (Å²) in [7, 11) is 1.99. The second-order valence-electron chi connectivity index (χ2n) is 5.22. The van der Waals surface area contributed by atoms with Crippen LogP contribution in [0.3, 0.4) is 0 Å². The fourth-order valence-corrected chi connectivity index (χ4v) is 2.47. The van der Waals surface area contributed by atoms with Gasteiger partial charge in [-0.05, 0) is 25.7 Å². The molecule has 2 N–H and O–H groups in total. The maximum atomic E-state index is 5.91. The Kier molecular flexibility index (Phi) is 3.28. The summed E-state index contributed by atoms with van der Waals surface area (Å²) in [6, 6.07) is 0.393. The molecule has 1 aromatic rings. The van der Waals surface area contributed by atoms with Gasteiger partial charge in [0.1, 0.15) is 5.82 Å². The first-order chi connectivity index (χ1) is 7.58. The first-order valence-electron chi connectivity index (χ1n) is 6.24. The van der Waals surface area contributed by atoms with Crippen molar-refractivity contribution < 1.29 is 0 Å². The van der Waals surface area contributed by atoms with Crippen molar-refractivity contribution in [2.75, 3.05) is 0 Å². The zero-order valence-electron chi connectivity index (χ0n) is 10.5. The molecule has 16 heavy (non-hydrogen) atoms. The van der Waals surface area contributed by atoms with Crippen molar-refractivity contribution in [2.24, 2.45) is 12.8 Å². The predicted octanol–water partition coefficient (Wildman–Crippen LogP) is 1.92. The summed E-state index contributed by atoms with van der Waals surface area (Å²) in [5.74, 6) is 3.08. The fraction of sp³-hybridized carbons (Fsp3) is 0.833. The Balaban J connectivity index is 2.12. The van der Waals surface area contributed by atoms with Gasteiger partial charge in [0.05, 0.1) is 0 Å². The molecule has 0 unspecified atom stereocenters. The molecule has 1 heterocycles. The molecule has 1 aliphatic carbocycles. The molecule has 0 spiro atoms. The van der Waals surface area contributed by atoms with Gasteiger partial charge in [0.15, 0.2) is 5.82 Å². The third-order valence-electron chi connectivity index (χ3n) is 3.47. The van der Waals surface area contributed by atoms with Gasteiger partial charge >= 0.3 is 0 Å². The molecule has 1 aliphatic rings. The van der Waals surface area contributed by atoms with Crippen molar-refractivity contribution in [3.63, 3.8) is 0 Å². The molecule has 1 fully saturated rings. The summed E-state index contributed by atoms with van der Waals surface area (Å²) >= 11 is 0. The zero-order chi connectivity index (χ0) is 11.7. The number of rotatable bonds is 2. The third kappa shape index (κ3) is 2.26. The van der Waals surface area contributed by atoms with Crippen molar-refractivity contribution in [1.82, 2.24) is 14.8 Å². The van der Waals surface area contributed by atoms with E-state index in [4.69, 9.17) is 5.73 Å². The van der Waals surface area contributed by atoms with E-state index in [0.717, 1.165) is 37.3 Å². The summed E-state index contributed by atoms with van der Waals surface area (Å²) < 4.78 is 1.93. The highest BCUT2D eigenvalue weighted by atomic mass is 15.3. The topological polar surface area (TPSA) is 56.7 Å². The monoisotopic (exact) mass is 222 g/mol. The Labute approximate surface area is 97.2 Å². The summed E-state index contributed by atoms with van der Waals surface area (Å²) in [5.41, 5.74) is 5.91. The van der Waals surface area contributed by atoms with Crippen LogP contribution in [-0.4, -0.2) is 20.8 Å². The van der Waals surface area contributed by atoms with Crippen LogP contribution >= 0.6 is 0 Å². The van der Waals surface area contributed by atoms with Crippen LogP contribution in [0.25, 0.3) is 0 Å². The lowest BCUT2D eigenvalue weighted by Crippen LogP contribution is -2.26. The molecule has 0 bridgehead atoms. The molecular weight excluding hydrogens is 200 g/mol. The molecule has 0 aliphatic heterocycles. The first kappa shape index (κ1) is 11.6. The molecule has 0 amide bonds. The lowest BCUT2D eigenvalue weighted by Gasteiger charge is -2.23. The van der Waals surface area contributed by atoms with Gasteiger partial charge in [0, 0.05) is 24.9 Å². The fourth-order valence-electron chi connectivity index (χ4n) is 2.47. The summed E-state index contributed by atoms with van der Waals surface area (Å²) in [5, 5.41) is 4.55. The van der Waals surface area contributed by atoms with Gasteiger partial charge in [0.2, 0.25) is 0 Å². The van der Waals surface area contributed by atoms with Crippen molar-refractivity contribution in [3.8, 4) is 0 Å². The van der Waals surface area contributed by atoms with Crippen LogP contribution in [0.2, 0.25) is 0 Å². The smallest absolute Gasteiger partial charge is 0.154 e. The summed E-state index contributed by atoms with van der Waals surface area (Å²) in [4.78, 5) is 4.67. The lowest BCUT2D eigenvalue weighted by molar-refractivity contribution is 0.384. The largest absolute Gasteiger partial charge is 0.328 e. The number of aromatic nitrogens is 3. The second-order valence-corrected chi connectivity index (χ2v) is 5.22. The van der Waals surface area contributed by atoms with Crippen LogP contribution in [0.5, 0.6) is 0 Å². The average Bonchev–Trinajstić information content (AvgIpc) is 2.61. The van der Waals surface area contributed by atoms with E-state index in [-0.39, 0.29) is 0 Å². The lowest BCUT2D eigenvalue weighted by atomic mass is 9.86. The molecule has 1 aromatic heterocycles. The molecule has 0 radical (unpaired) electrons. The van der Waals surface area contributed by atoms with Gasteiger partial charge < -0.3 is 5.73 Å². The van der Waals surface area contributed by atoms with E-state index < -0.39 is 0 Å². The van der Waals surface area contributed by atoms with Gasteiger partial charge in [-0.2, -0.15) is 5.10 Å². The third-order valence-corrected chi connectivity index (χ3v) is 3.47. The molecule has 0 aromatic carbocycles. The molecule has 0 saturated heterocycles. The zero-order valence-corrected chi connectivity index (χ0v) is 10.5. The van der Waals surface area contributed by atoms with E-state index in [2.05, 4.69) is 23.9 Å². The number of nitrogens with zero attached hydrogens (tertiary/aromatic N) is 3. The van der Waals surface area contributed by atoms with E-state index in [1.807, 2.05) is 11.7 Å². The van der Waals surface area contributed by atoms with Gasteiger partial charge in [-0.25, -0.2) is 4.98 Å². The number of nitrogens with two attached hydrogens (primary N) is 1. The first-order valence-corrected chi connectivity index (χ1v) is 6.24. The van der Waals surface area contributed by atoms with Crippen molar-refractivity contribution in [3.05, 3.63) is 11.6 Å². The van der Waals surface area contributed by atoms with E-state index in [1.54, 1.807) is 0 Å². The van der Waals surface area contributed by atoms with Crippen LogP contribution in [-0.2, 0) is 7.05 Å². The van der Waals surface area contributed by atoms with Crippen LogP contribution in [0.1, 0.15) is 63.0 Å². The van der Waals surface area contributed by atoms with Crippen LogP contribution < -0.4 is 5.73 Å². The summed E-state index contributed by atoms with van der Waals surface area (Å²) in [6.45, 7) is 4.31. The van der Waals surface area contributed by atoms with Crippen molar-refractivity contribution in [2.45, 2.75) is 57.4 Å². The Hall–Kier alpha value is -0.900. The van der Waals surface area contributed by atoms with Crippen LogP contribution in [0.4, 0.5) is 0 Å². The normalized spacial score (nSPS) is 26.3. The number of hydrogen-bond acceptors (Lipinski definition) is 3. The highest BCUT2D eigenvalue weighted by Gasteiger charge is 2.24. The van der Waals surface area contributed by atoms with Crippen LogP contribution in [0.15, 0.2) is 0 Å². The summed E-state index contributed by atoms with van der Waals surface area (Å²) in [6.07, 6.45) is 4.51. The van der Waals surface area contributed by atoms with Crippen molar-refractivity contribution >= 4 is 0 Å². The molecule has 4 nitrogen and oxygen atoms in total. The molecule has 4 heteroatoms. The molecule has 2 rings (SSSR count). The molecule has 0 atom stereocenters. The molecule has 1 saturated carbocycles. The Bertz CT molecular complexity index is 348. The van der Waals surface area contributed by atoms with E-state index in [0.29, 0.717) is 17.9 Å². The number of aryl methyl sites for hydroxylation is 1. The minimum atomic E-state index is 0.393. The van der Waals surface area contributed by atoms with Gasteiger partial charge in [0.25, 0.3) is 0 Å². The highest BCUT2D eigenvalue weighted by Crippen LogP contribution is 2.30. The highest BCUT2D eigenvalue weighted by molar-refractivity contribution is 5.03. The van der Waals surface area contributed by atoms with E-state index >= 15 is 0 Å². The maximum Gasteiger partial charge on any atom is 0.154 e. The van der Waals surface area contributed by atoms with Gasteiger partial charge in [-0.15, -0.1) is 0 Å². The Morgan fingerprint density at radius 2 is 1.88 bits per heavy atom. The minimum absolute atomic E-state index is 0.393. The molecule has 90 valence electrons. The van der Waals surface area contributed by atoms with Gasteiger partial charge in [-0.1, -0.05) is 13.8 Å². The van der Waals surface area contributed by atoms with Crippen molar-refractivity contribution in [1.29, 1.82) is 0 Å². The van der Waals surface area contributed by atoms with E-state index in [1.165, 1.54) is 0 Å². The maximum absolute atomic E-state index is 5.91. The van der Waals surface area contributed by atoms with Crippen LogP contribution in [0, 0.1) is 0 Å². The Morgan fingerprint density at radius 3 is 2.38 bits per heavy atom. The Morgan fingerprint density at radius 1 is 1.25 bits per heavy atom. The number of hydrogen-bond donors (Lipinski definition) is 1. The average molecular weight is 222 g/mol. The standard InChI is InChI=1S/C12H22N4/c1-8(2)12-14-11(15-16(12)3)9-4-6-10(13)7-5-9/h8-10H,4-7,13H2,1-3H3. The molecular formula is C12H22N4. The predicted molar refractivity (Wildman–Crippen MR) is 64.3 cm³/mol. The van der Waals surface area contributed by atoms with Gasteiger partial charge in [-0.3, -0.25) is 4.68 Å². The van der Waals surface area contributed by atoms with E-state index in [9.17, 15) is 0 Å². The quantitative estimate of drug-likeness (QED) is 0.831.